The molecule has 92 valence electrons. The predicted molar refractivity (Wildman–Crippen MR) is 69.6 cm³/mol. The monoisotopic (exact) mass is 233 g/mol. The lowest BCUT2D eigenvalue weighted by Gasteiger charge is -2.31. The topological polar surface area (TPSA) is 82.1 Å². The second-order valence-corrected chi connectivity index (χ2v) is 4.43. The number of nitrogens with two attached hydrogens (primary N) is 1. The van der Waals surface area contributed by atoms with E-state index in [0.717, 1.165) is 12.1 Å². The van der Waals surface area contributed by atoms with Gasteiger partial charge in [0.25, 0.3) is 0 Å². The van der Waals surface area contributed by atoms with Crippen LogP contribution in [-0.2, 0) is 0 Å². The SMILES string of the molecule is CCC(C)(CCO)Nc1cc(C#N)ccc1N. The lowest BCUT2D eigenvalue weighted by molar-refractivity contribution is 0.252. The van der Waals surface area contributed by atoms with Crippen molar-refractivity contribution in [1.29, 1.82) is 5.26 Å². The molecule has 0 aromatic heterocycles. The van der Waals surface area contributed by atoms with Crippen LogP contribution < -0.4 is 11.1 Å². The van der Waals surface area contributed by atoms with E-state index in [9.17, 15) is 0 Å². The van der Waals surface area contributed by atoms with Gasteiger partial charge >= 0.3 is 0 Å². The summed E-state index contributed by atoms with van der Waals surface area (Å²) in [7, 11) is 0. The highest BCUT2D eigenvalue weighted by Gasteiger charge is 2.21. The number of nitrogen functional groups attached to an aromatic ring is 1. The molecule has 0 aliphatic heterocycles. The number of benzene rings is 1. The maximum atomic E-state index is 9.06. The Morgan fingerprint density at radius 3 is 2.76 bits per heavy atom. The smallest absolute Gasteiger partial charge is 0.0992 e. The van der Waals surface area contributed by atoms with Crippen molar-refractivity contribution in [3.8, 4) is 6.07 Å². The fourth-order valence-electron chi connectivity index (χ4n) is 1.63. The van der Waals surface area contributed by atoms with Gasteiger partial charge in [0.15, 0.2) is 0 Å². The number of hydrogen-bond acceptors (Lipinski definition) is 4. The molecule has 0 amide bonds. The van der Waals surface area contributed by atoms with Crippen LogP contribution in [0.1, 0.15) is 32.3 Å². The molecule has 0 heterocycles. The van der Waals surface area contributed by atoms with Crippen molar-refractivity contribution in [2.75, 3.05) is 17.7 Å². The molecule has 4 nitrogen and oxygen atoms in total. The van der Waals surface area contributed by atoms with Crippen LogP contribution in [0.15, 0.2) is 18.2 Å². The van der Waals surface area contributed by atoms with Gasteiger partial charge in [-0.05, 0) is 38.0 Å². The van der Waals surface area contributed by atoms with E-state index in [1.165, 1.54) is 0 Å². The summed E-state index contributed by atoms with van der Waals surface area (Å²) in [6.45, 7) is 4.20. The van der Waals surface area contributed by atoms with Gasteiger partial charge in [0, 0.05) is 12.1 Å². The minimum atomic E-state index is -0.211. The zero-order chi connectivity index (χ0) is 12.9. The number of anilines is 2. The summed E-state index contributed by atoms with van der Waals surface area (Å²) >= 11 is 0. The van der Waals surface area contributed by atoms with Crippen LogP contribution in [0.2, 0.25) is 0 Å². The van der Waals surface area contributed by atoms with Crippen molar-refractivity contribution in [2.45, 2.75) is 32.2 Å². The van der Waals surface area contributed by atoms with E-state index in [-0.39, 0.29) is 12.1 Å². The van der Waals surface area contributed by atoms with Gasteiger partial charge in [0.2, 0.25) is 0 Å². The van der Waals surface area contributed by atoms with Crippen LogP contribution in [0.4, 0.5) is 11.4 Å². The van der Waals surface area contributed by atoms with Crippen LogP contribution in [0, 0.1) is 11.3 Å². The summed E-state index contributed by atoms with van der Waals surface area (Å²) in [5.41, 5.74) is 7.59. The molecule has 0 aliphatic rings. The Bertz CT molecular complexity index is 425. The van der Waals surface area contributed by atoms with Gasteiger partial charge in [0.1, 0.15) is 0 Å². The molecular weight excluding hydrogens is 214 g/mol. The molecule has 1 unspecified atom stereocenters. The van der Waals surface area contributed by atoms with E-state index >= 15 is 0 Å². The van der Waals surface area contributed by atoms with E-state index in [1.54, 1.807) is 18.2 Å². The standard InChI is InChI=1S/C13H19N3O/c1-3-13(2,6-7-17)16-12-8-10(9-14)4-5-11(12)15/h4-5,8,16-17H,3,6-7,15H2,1-2H3. The first-order valence-corrected chi connectivity index (χ1v) is 5.73. The van der Waals surface area contributed by atoms with E-state index in [4.69, 9.17) is 16.1 Å². The Morgan fingerprint density at radius 2 is 2.24 bits per heavy atom. The highest BCUT2D eigenvalue weighted by atomic mass is 16.3. The molecule has 4 heteroatoms. The second kappa shape index (κ2) is 5.55. The Morgan fingerprint density at radius 1 is 1.53 bits per heavy atom. The lowest BCUT2D eigenvalue weighted by Crippen LogP contribution is -2.35. The minimum Gasteiger partial charge on any atom is -0.397 e. The van der Waals surface area contributed by atoms with E-state index < -0.39 is 0 Å². The van der Waals surface area contributed by atoms with Gasteiger partial charge in [-0.2, -0.15) is 5.26 Å². The maximum absolute atomic E-state index is 9.06. The van der Waals surface area contributed by atoms with Crippen molar-refractivity contribution in [1.82, 2.24) is 0 Å². The summed E-state index contributed by atoms with van der Waals surface area (Å²) in [5.74, 6) is 0. The molecule has 0 saturated carbocycles. The van der Waals surface area contributed by atoms with Crippen LogP contribution in [-0.4, -0.2) is 17.3 Å². The Kier molecular flexibility index (Phi) is 4.36. The third-order valence-electron chi connectivity index (χ3n) is 3.06. The average Bonchev–Trinajstić information content (AvgIpc) is 2.32. The highest BCUT2D eigenvalue weighted by molar-refractivity contribution is 5.69. The zero-order valence-corrected chi connectivity index (χ0v) is 10.3. The van der Waals surface area contributed by atoms with Crippen LogP contribution >= 0.6 is 0 Å². The van der Waals surface area contributed by atoms with Gasteiger partial charge in [-0.3, -0.25) is 0 Å². The highest BCUT2D eigenvalue weighted by Crippen LogP contribution is 2.27. The first-order valence-electron chi connectivity index (χ1n) is 5.73. The van der Waals surface area contributed by atoms with Gasteiger partial charge in [-0.15, -0.1) is 0 Å². The maximum Gasteiger partial charge on any atom is 0.0992 e. The molecule has 0 saturated heterocycles. The molecule has 1 aromatic carbocycles. The molecule has 0 aliphatic carbocycles. The van der Waals surface area contributed by atoms with Crippen molar-refractivity contribution >= 4 is 11.4 Å². The fraction of sp³-hybridized carbons (Fsp3) is 0.462. The number of nitrogens with one attached hydrogen (secondary N) is 1. The third kappa shape index (κ3) is 3.36. The molecule has 17 heavy (non-hydrogen) atoms. The first-order chi connectivity index (χ1) is 8.04. The number of nitriles is 1. The fourth-order valence-corrected chi connectivity index (χ4v) is 1.63. The average molecular weight is 233 g/mol. The Labute approximate surface area is 102 Å². The molecule has 1 atom stereocenters. The Balaban J connectivity index is 2.97. The van der Waals surface area contributed by atoms with Gasteiger partial charge in [-0.25, -0.2) is 0 Å². The van der Waals surface area contributed by atoms with Crippen LogP contribution in [0.3, 0.4) is 0 Å². The molecule has 0 bridgehead atoms. The van der Waals surface area contributed by atoms with Crippen molar-refractivity contribution in [3.63, 3.8) is 0 Å². The third-order valence-corrected chi connectivity index (χ3v) is 3.06. The minimum absolute atomic E-state index is 0.120. The molecule has 0 fully saturated rings. The van der Waals surface area contributed by atoms with Gasteiger partial charge in [-0.1, -0.05) is 6.92 Å². The number of rotatable bonds is 5. The number of aliphatic hydroxyl groups is 1. The summed E-state index contributed by atoms with van der Waals surface area (Å²) in [6.07, 6.45) is 1.50. The predicted octanol–water partition coefficient (Wildman–Crippen LogP) is 2.10. The summed E-state index contributed by atoms with van der Waals surface area (Å²) in [6, 6.07) is 7.23. The van der Waals surface area contributed by atoms with E-state index in [1.807, 2.05) is 13.8 Å². The normalized spacial score (nSPS) is 13.8. The molecule has 4 N–H and O–H groups in total. The lowest BCUT2D eigenvalue weighted by atomic mass is 9.94. The van der Waals surface area contributed by atoms with Gasteiger partial charge < -0.3 is 16.2 Å². The molecule has 1 aromatic rings. The second-order valence-electron chi connectivity index (χ2n) is 4.43. The zero-order valence-electron chi connectivity index (χ0n) is 10.3. The summed E-state index contributed by atoms with van der Waals surface area (Å²) in [4.78, 5) is 0. The van der Waals surface area contributed by atoms with Crippen molar-refractivity contribution in [2.24, 2.45) is 0 Å². The molecular formula is C13H19N3O. The van der Waals surface area contributed by atoms with Gasteiger partial charge in [0.05, 0.1) is 23.0 Å². The van der Waals surface area contributed by atoms with Crippen LogP contribution in [0.25, 0.3) is 0 Å². The molecule has 0 radical (unpaired) electrons. The van der Waals surface area contributed by atoms with E-state index in [0.29, 0.717) is 17.7 Å². The quantitative estimate of drug-likeness (QED) is 0.680. The Hall–Kier alpha value is -1.73. The van der Waals surface area contributed by atoms with Crippen molar-refractivity contribution < 1.29 is 5.11 Å². The van der Waals surface area contributed by atoms with E-state index in [2.05, 4.69) is 11.4 Å². The van der Waals surface area contributed by atoms with Crippen LogP contribution in [0.5, 0.6) is 0 Å². The largest absolute Gasteiger partial charge is 0.397 e. The molecule has 1 rings (SSSR count). The number of nitrogens with zero attached hydrogens (tertiary/aromatic N) is 1. The number of aliphatic hydroxyl groups excluding tert-OH is 1. The first kappa shape index (κ1) is 13.3. The van der Waals surface area contributed by atoms with Crippen molar-refractivity contribution in [3.05, 3.63) is 23.8 Å². The summed E-state index contributed by atoms with van der Waals surface area (Å²) < 4.78 is 0. The molecule has 0 spiro atoms. The summed E-state index contributed by atoms with van der Waals surface area (Å²) in [5, 5.41) is 21.2. The number of hydrogen-bond donors (Lipinski definition) is 3.